The molecule has 1 aromatic heterocycles. The lowest BCUT2D eigenvalue weighted by molar-refractivity contribution is 0.595. The number of aryl methyl sites for hydroxylation is 1. The molecule has 1 atom stereocenters. The quantitative estimate of drug-likeness (QED) is 0.845. The zero-order valence-electron chi connectivity index (χ0n) is 11.9. The molecule has 7 nitrogen and oxygen atoms in total. The molecule has 2 rings (SSSR count). The average molecular weight is 328 g/mol. The third-order valence-electron chi connectivity index (χ3n) is 2.79. The molecule has 1 aromatic carbocycles. The Kier molecular flexibility index (Phi) is 4.06. The van der Waals surface area contributed by atoms with Gasteiger partial charge in [-0.1, -0.05) is 22.0 Å². The number of rotatable bonds is 4. The van der Waals surface area contributed by atoms with Crippen molar-refractivity contribution in [1.82, 2.24) is 9.78 Å². The first-order valence-corrected chi connectivity index (χ1v) is 9.31. The van der Waals surface area contributed by atoms with E-state index in [-0.39, 0.29) is 5.82 Å². The van der Waals surface area contributed by atoms with Gasteiger partial charge in [-0.25, -0.2) is 8.51 Å². The van der Waals surface area contributed by atoms with Crippen molar-refractivity contribution < 1.29 is 12.6 Å². The minimum Gasteiger partial charge on any atom is -0.274 e. The van der Waals surface area contributed by atoms with Crippen molar-refractivity contribution in [2.75, 3.05) is 17.6 Å². The molecule has 0 fully saturated rings. The van der Waals surface area contributed by atoms with Crippen molar-refractivity contribution in [3.05, 3.63) is 42.6 Å². The number of anilines is 1. The fraction of sp³-hybridized carbons (Fsp3) is 0.250. The predicted molar refractivity (Wildman–Crippen MR) is 81.7 cm³/mol. The van der Waals surface area contributed by atoms with E-state index in [0.29, 0.717) is 4.90 Å². The SMILES string of the molecule is CN(c1ccn(C)n1)S(=O)(=O)N=S(C)(=O)c1ccccc1. The second-order valence-electron chi connectivity index (χ2n) is 4.48. The van der Waals surface area contributed by atoms with Gasteiger partial charge in [0.15, 0.2) is 5.82 Å². The molecule has 21 heavy (non-hydrogen) atoms. The van der Waals surface area contributed by atoms with Gasteiger partial charge >= 0.3 is 10.2 Å². The van der Waals surface area contributed by atoms with E-state index >= 15 is 0 Å². The Balaban J connectivity index is 2.45. The van der Waals surface area contributed by atoms with Gasteiger partial charge in [0.05, 0.1) is 9.73 Å². The second-order valence-corrected chi connectivity index (χ2v) is 8.60. The van der Waals surface area contributed by atoms with Gasteiger partial charge in [-0.05, 0) is 12.1 Å². The highest BCUT2D eigenvalue weighted by Gasteiger charge is 2.22. The number of benzene rings is 1. The van der Waals surface area contributed by atoms with E-state index in [9.17, 15) is 12.6 Å². The highest BCUT2D eigenvalue weighted by Crippen LogP contribution is 2.18. The summed E-state index contributed by atoms with van der Waals surface area (Å²) in [7, 11) is -4.16. The number of nitrogens with zero attached hydrogens (tertiary/aromatic N) is 4. The normalized spacial score (nSPS) is 14.4. The fourth-order valence-corrected chi connectivity index (χ4v) is 4.81. The monoisotopic (exact) mass is 328 g/mol. The maximum Gasteiger partial charge on any atom is 0.353 e. The smallest absolute Gasteiger partial charge is 0.274 e. The third-order valence-corrected chi connectivity index (χ3v) is 6.70. The van der Waals surface area contributed by atoms with E-state index in [4.69, 9.17) is 0 Å². The summed E-state index contributed by atoms with van der Waals surface area (Å²) in [5.41, 5.74) is 0. The molecule has 1 heterocycles. The lowest BCUT2D eigenvalue weighted by atomic mass is 10.4. The van der Waals surface area contributed by atoms with Crippen molar-refractivity contribution in [3.8, 4) is 0 Å². The van der Waals surface area contributed by atoms with Crippen molar-refractivity contribution >= 4 is 25.8 Å². The summed E-state index contributed by atoms with van der Waals surface area (Å²) < 4.78 is 43.0. The van der Waals surface area contributed by atoms with Crippen molar-refractivity contribution in [2.24, 2.45) is 10.8 Å². The Morgan fingerprint density at radius 1 is 1.14 bits per heavy atom. The molecule has 0 aliphatic rings. The van der Waals surface area contributed by atoms with Gasteiger partial charge in [0, 0.05) is 37.5 Å². The molecule has 0 saturated heterocycles. The molecule has 1 unspecified atom stereocenters. The largest absolute Gasteiger partial charge is 0.353 e. The van der Waals surface area contributed by atoms with Gasteiger partial charge < -0.3 is 0 Å². The Bertz CT molecular complexity index is 850. The second kappa shape index (κ2) is 5.49. The molecule has 9 heteroatoms. The molecule has 0 N–H and O–H groups in total. The summed E-state index contributed by atoms with van der Waals surface area (Å²) in [4.78, 5) is 0.364. The van der Waals surface area contributed by atoms with Crippen LogP contribution in [0, 0.1) is 0 Å². The molecule has 0 aliphatic heterocycles. The first-order chi connectivity index (χ1) is 9.72. The van der Waals surface area contributed by atoms with E-state index in [2.05, 4.69) is 8.87 Å². The Morgan fingerprint density at radius 2 is 1.76 bits per heavy atom. The molecule has 0 saturated carbocycles. The highest BCUT2D eigenvalue weighted by molar-refractivity contribution is 8.03. The molecule has 114 valence electrons. The molecule has 0 aliphatic carbocycles. The Labute approximate surface area is 124 Å². The summed E-state index contributed by atoms with van der Waals surface area (Å²) in [6, 6.07) is 9.83. The molecule has 0 bridgehead atoms. The topological polar surface area (TPSA) is 84.6 Å². The minimum absolute atomic E-state index is 0.213. The lowest BCUT2D eigenvalue weighted by Gasteiger charge is -2.14. The summed E-state index contributed by atoms with van der Waals surface area (Å²) in [6.45, 7) is 0. The maximum absolute atomic E-state index is 12.5. The van der Waals surface area contributed by atoms with Crippen LogP contribution in [0.1, 0.15) is 0 Å². The van der Waals surface area contributed by atoms with Crippen LogP contribution in [-0.2, 0) is 27.0 Å². The van der Waals surface area contributed by atoms with Gasteiger partial charge in [-0.15, -0.1) is 0 Å². The first-order valence-electron chi connectivity index (χ1n) is 5.99. The summed E-state index contributed by atoms with van der Waals surface area (Å²) in [6.07, 6.45) is 2.91. The molecule has 2 aromatic rings. The summed E-state index contributed by atoms with van der Waals surface area (Å²) in [5, 5.41) is 3.99. The molecule has 0 radical (unpaired) electrons. The van der Waals surface area contributed by atoms with E-state index in [0.717, 1.165) is 4.31 Å². The first kappa shape index (κ1) is 15.5. The Morgan fingerprint density at radius 3 is 2.29 bits per heavy atom. The highest BCUT2D eigenvalue weighted by atomic mass is 32.3. The fourth-order valence-electron chi connectivity index (χ4n) is 1.63. The van der Waals surface area contributed by atoms with Crippen molar-refractivity contribution in [1.29, 1.82) is 0 Å². The van der Waals surface area contributed by atoms with Crippen LogP contribution in [0.4, 0.5) is 5.82 Å². The standard InChI is InChI=1S/C12H16N4O3S2/c1-15-10-9-12(13-15)16(2)21(18,19)14-20(3,17)11-7-5-4-6-8-11/h4-10H,1-3H3. The van der Waals surface area contributed by atoms with E-state index in [1.165, 1.54) is 24.1 Å². The van der Waals surface area contributed by atoms with E-state index in [1.54, 1.807) is 43.6 Å². The van der Waals surface area contributed by atoms with Crippen LogP contribution in [-0.4, -0.2) is 35.7 Å². The van der Waals surface area contributed by atoms with Gasteiger partial charge in [0.1, 0.15) is 0 Å². The zero-order valence-corrected chi connectivity index (χ0v) is 13.5. The molecule has 0 spiro atoms. The maximum atomic E-state index is 12.5. The average Bonchev–Trinajstić information content (AvgIpc) is 2.84. The zero-order chi connectivity index (χ0) is 15.7. The number of hydrogen-bond donors (Lipinski definition) is 0. The van der Waals surface area contributed by atoms with Crippen LogP contribution in [0.25, 0.3) is 0 Å². The molecular weight excluding hydrogens is 312 g/mol. The minimum atomic E-state index is -4.10. The lowest BCUT2D eigenvalue weighted by Crippen LogP contribution is -2.26. The van der Waals surface area contributed by atoms with Crippen LogP contribution in [0.3, 0.4) is 0 Å². The number of aromatic nitrogens is 2. The van der Waals surface area contributed by atoms with Gasteiger partial charge in [0.25, 0.3) is 0 Å². The number of hydrogen-bond acceptors (Lipinski definition) is 4. The molecular formula is C12H16N4O3S2. The van der Waals surface area contributed by atoms with E-state index < -0.39 is 19.9 Å². The van der Waals surface area contributed by atoms with E-state index in [1.807, 2.05) is 0 Å². The molecule has 0 amide bonds. The van der Waals surface area contributed by atoms with Gasteiger partial charge in [-0.2, -0.15) is 13.5 Å². The Hall–Kier alpha value is -1.87. The van der Waals surface area contributed by atoms with Crippen LogP contribution >= 0.6 is 0 Å². The van der Waals surface area contributed by atoms with Crippen LogP contribution < -0.4 is 4.31 Å². The van der Waals surface area contributed by atoms with Crippen LogP contribution in [0.15, 0.2) is 51.3 Å². The van der Waals surface area contributed by atoms with Gasteiger partial charge in [0.2, 0.25) is 0 Å². The van der Waals surface area contributed by atoms with Crippen LogP contribution in [0.5, 0.6) is 0 Å². The summed E-state index contributed by atoms with van der Waals surface area (Å²) in [5.74, 6) is 0.213. The van der Waals surface area contributed by atoms with Crippen molar-refractivity contribution in [2.45, 2.75) is 4.90 Å². The summed E-state index contributed by atoms with van der Waals surface area (Å²) >= 11 is 0. The van der Waals surface area contributed by atoms with Gasteiger partial charge in [-0.3, -0.25) is 4.68 Å². The predicted octanol–water partition coefficient (Wildman–Crippen LogP) is 1.26. The van der Waals surface area contributed by atoms with Crippen LogP contribution in [0.2, 0.25) is 0 Å². The van der Waals surface area contributed by atoms with Crippen molar-refractivity contribution in [3.63, 3.8) is 0 Å². The third kappa shape index (κ3) is 3.42.